The van der Waals surface area contributed by atoms with Crippen LogP contribution in [0.1, 0.15) is 11.7 Å². The second kappa shape index (κ2) is 4.80. The molecule has 0 aliphatic rings. The summed E-state index contributed by atoms with van der Waals surface area (Å²) < 4.78 is 22.0. The van der Waals surface area contributed by atoms with Crippen LogP contribution in [0.15, 0.2) is 12.1 Å². The van der Waals surface area contributed by atoms with Crippen LogP contribution >= 0.6 is 0 Å². The van der Waals surface area contributed by atoms with Crippen LogP contribution in [0.2, 0.25) is 0 Å². The van der Waals surface area contributed by atoms with E-state index in [9.17, 15) is 19.4 Å². The van der Waals surface area contributed by atoms with Crippen molar-refractivity contribution in [2.24, 2.45) is 0 Å². The van der Waals surface area contributed by atoms with Gasteiger partial charge < -0.3 is 19.7 Å². The summed E-state index contributed by atoms with van der Waals surface area (Å²) in [4.78, 5) is 11.0. The van der Waals surface area contributed by atoms with E-state index in [1.54, 1.807) is 0 Å². The molecule has 0 radical (unpaired) electrons. The van der Waals surface area contributed by atoms with Crippen molar-refractivity contribution in [1.29, 1.82) is 0 Å². The minimum absolute atomic E-state index is 0.176. The minimum atomic E-state index is -1.68. The summed E-state index contributed by atoms with van der Waals surface area (Å²) in [6.45, 7) is 0. The molecule has 0 amide bonds. The highest BCUT2D eigenvalue weighted by Gasteiger charge is 2.23. The molecule has 16 heavy (non-hydrogen) atoms. The molecule has 0 heterocycles. The number of ether oxygens (including phenoxy) is 2. The van der Waals surface area contributed by atoms with Crippen LogP contribution in [-0.4, -0.2) is 30.4 Å². The van der Waals surface area contributed by atoms with Crippen molar-refractivity contribution in [1.82, 2.24) is 0 Å². The number of halogens is 1. The number of phenols is 1. The Hall–Kier alpha value is -1.82. The Bertz CT molecular complexity index is 404. The van der Waals surface area contributed by atoms with Gasteiger partial charge in [-0.3, -0.25) is 0 Å². The molecule has 0 fully saturated rings. The number of aliphatic hydroxyl groups excluding tert-OH is 1. The number of hydrogen-bond acceptors (Lipinski definition) is 5. The maximum Gasteiger partial charge on any atom is 0.339 e. The van der Waals surface area contributed by atoms with Gasteiger partial charge in [0.25, 0.3) is 0 Å². The van der Waals surface area contributed by atoms with E-state index in [2.05, 4.69) is 9.47 Å². The third kappa shape index (κ3) is 2.22. The monoisotopic (exact) mass is 230 g/mol. The minimum Gasteiger partial charge on any atom is -0.507 e. The molecule has 0 aliphatic carbocycles. The van der Waals surface area contributed by atoms with Gasteiger partial charge in [0.2, 0.25) is 0 Å². The van der Waals surface area contributed by atoms with Crippen molar-refractivity contribution in [3.63, 3.8) is 0 Å². The maximum absolute atomic E-state index is 13.1. The fraction of sp³-hybridized carbons (Fsp3) is 0.300. The molecule has 1 rings (SSSR count). The Morgan fingerprint density at radius 3 is 2.56 bits per heavy atom. The number of aromatic hydroxyl groups is 1. The van der Waals surface area contributed by atoms with Gasteiger partial charge >= 0.3 is 5.97 Å². The molecular formula is C10H11FO5. The summed E-state index contributed by atoms with van der Waals surface area (Å²) in [7, 11) is 2.31. The topological polar surface area (TPSA) is 76.0 Å². The Kier molecular flexibility index (Phi) is 3.68. The number of hydrogen-bond donors (Lipinski definition) is 2. The molecule has 0 aromatic heterocycles. The first kappa shape index (κ1) is 12.3. The average Bonchev–Trinajstić information content (AvgIpc) is 2.27. The Morgan fingerprint density at radius 2 is 2.06 bits per heavy atom. The zero-order valence-corrected chi connectivity index (χ0v) is 8.73. The van der Waals surface area contributed by atoms with Crippen LogP contribution in [0.4, 0.5) is 4.39 Å². The smallest absolute Gasteiger partial charge is 0.339 e. The predicted octanol–water partition coefficient (Wildman–Crippen LogP) is 0.746. The van der Waals surface area contributed by atoms with E-state index in [4.69, 9.17) is 0 Å². The molecule has 0 aliphatic heterocycles. The van der Waals surface area contributed by atoms with E-state index < -0.39 is 23.6 Å². The van der Waals surface area contributed by atoms with E-state index in [1.807, 2.05) is 0 Å². The van der Waals surface area contributed by atoms with Crippen molar-refractivity contribution in [3.05, 3.63) is 23.5 Å². The van der Waals surface area contributed by atoms with Gasteiger partial charge in [-0.25, -0.2) is 9.18 Å². The van der Waals surface area contributed by atoms with Gasteiger partial charge in [0, 0.05) is 11.6 Å². The van der Waals surface area contributed by atoms with Gasteiger partial charge in [0.1, 0.15) is 5.75 Å². The van der Waals surface area contributed by atoms with Crippen molar-refractivity contribution >= 4 is 5.97 Å². The van der Waals surface area contributed by atoms with E-state index in [-0.39, 0.29) is 11.3 Å². The number of benzene rings is 1. The van der Waals surface area contributed by atoms with Crippen molar-refractivity contribution < 1.29 is 28.9 Å². The third-order valence-electron chi connectivity index (χ3n) is 2.02. The normalized spacial score (nSPS) is 12.0. The molecule has 0 saturated carbocycles. The molecule has 1 unspecified atom stereocenters. The van der Waals surface area contributed by atoms with Crippen LogP contribution in [0.3, 0.4) is 0 Å². The summed E-state index contributed by atoms with van der Waals surface area (Å²) in [5.74, 6) is -2.48. The number of methoxy groups -OCH3 is 2. The van der Waals surface area contributed by atoms with E-state index in [0.717, 1.165) is 19.2 Å². The van der Waals surface area contributed by atoms with Crippen LogP contribution < -0.4 is 4.74 Å². The number of carbonyl (C=O) groups is 1. The fourth-order valence-corrected chi connectivity index (χ4v) is 1.17. The lowest BCUT2D eigenvalue weighted by molar-refractivity contribution is -0.150. The molecule has 0 saturated heterocycles. The molecule has 6 heteroatoms. The second-order valence-corrected chi connectivity index (χ2v) is 2.97. The average molecular weight is 230 g/mol. The Balaban J connectivity index is 3.18. The molecule has 0 spiro atoms. The van der Waals surface area contributed by atoms with Crippen LogP contribution in [-0.2, 0) is 9.53 Å². The molecular weight excluding hydrogens is 219 g/mol. The molecule has 1 atom stereocenters. The molecule has 1 aromatic carbocycles. The number of esters is 1. The van der Waals surface area contributed by atoms with E-state index in [0.29, 0.717) is 0 Å². The lowest BCUT2D eigenvalue weighted by atomic mass is 10.1. The highest BCUT2D eigenvalue weighted by Crippen LogP contribution is 2.31. The predicted molar refractivity (Wildman–Crippen MR) is 51.6 cm³/mol. The van der Waals surface area contributed by atoms with Gasteiger partial charge in [-0.15, -0.1) is 0 Å². The quantitative estimate of drug-likeness (QED) is 0.749. The Morgan fingerprint density at radius 1 is 1.44 bits per heavy atom. The summed E-state index contributed by atoms with van der Waals surface area (Å²) >= 11 is 0. The standard InChI is InChI=1S/C10H11FO5/c1-15-8-3-5(7(12)4-6(8)11)9(13)10(14)16-2/h3-4,9,12-13H,1-2H3. The fourth-order valence-electron chi connectivity index (χ4n) is 1.17. The van der Waals surface area contributed by atoms with Crippen LogP contribution in [0.25, 0.3) is 0 Å². The van der Waals surface area contributed by atoms with Gasteiger partial charge in [0.05, 0.1) is 14.2 Å². The SMILES string of the molecule is COC(=O)C(O)c1cc(OC)c(F)cc1O. The Labute approximate surface area is 91.0 Å². The molecule has 2 N–H and O–H groups in total. The first-order valence-corrected chi connectivity index (χ1v) is 4.33. The number of aliphatic hydroxyl groups is 1. The summed E-state index contributed by atoms with van der Waals surface area (Å²) in [5.41, 5.74) is -0.176. The van der Waals surface area contributed by atoms with E-state index in [1.165, 1.54) is 7.11 Å². The second-order valence-electron chi connectivity index (χ2n) is 2.97. The maximum atomic E-state index is 13.1. The molecule has 0 bridgehead atoms. The summed E-state index contributed by atoms with van der Waals surface area (Å²) in [5, 5.41) is 18.8. The van der Waals surface area contributed by atoms with E-state index >= 15 is 0 Å². The highest BCUT2D eigenvalue weighted by atomic mass is 19.1. The third-order valence-corrected chi connectivity index (χ3v) is 2.02. The lowest BCUT2D eigenvalue weighted by Crippen LogP contribution is -2.13. The molecule has 1 aromatic rings. The van der Waals surface area contributed by atoms with Crippen LogP contribution in [0, 0.1) is 5.82 Å². The zero-order chi connectivity index (χ0) is 12.3. The van der Waals surface area contributed by atoms with Gasteiger partial charge in [-0.05, 0) is 6.07 Å². The van der Waals surface area contributed by atoms with Crippen LogP contribution in [0.5, 0.6) is 11.5 Å². The largest absolute Gasteiger partial charge is 0.507 e. The van der Waals surface area contributed by atoms with Gasteiger partial charge in [-0.1, -0.05) is 0 Å². The first-order chi connectivity index (χ1) is 7.51. The van der Waals surface area contributed by atoms with Crippen molar-refractivity contribution in [2.45, 2.75) is 6.10 Å². The van der Waals surface area contributed by atoms with Gasteiger partial charge in [-0.2, -0.15) is 0 Å². The summed E-state index contributed by atoms with van der Waals surface area (Å²) in [6.07, 6.45) is -1.68. The van der Waals surface area contributed by atoms with Crippen molar-refractivity contribution in [3.8, 4) is 11.5 Å². The lowest BCUT2D eigenvalue weighted by Gasteiger charge is -2.12. The highest BCUT2D eigenvalue weighted by molar-refractivity contribution is 5.77. The molecule has 5 nitrogen and oxygen atoms in total. The molecule has 88 valence electrons. The van der Waals surface area contributed by atoms with Gasteiger partial charge in [0.15, 0.2) is 17.7 Å². The zero-order valence-electron chi connectivity index (χ0n) is 8.73. The number of carbonyl (C=O) groups excluding carboxylic acids is 1. The number of phenolic OH excluding ortho intramolecular Hbond substituents is 1. The number of rotatable bonds is 3. The summed E-state index contributed by atoms with van der Waals surface area (Å²) in [6, 6.07) is 1.78. The van der Waals surface area contributed by atoms with Crippen molar-refractivity contribution in [2.75, 3.05) is 14.2 Å². The first-order valence-electron chi connectivity index (χ1n) is 4.33.